The standard InChI is InChI=1S/C17H20F2N2O/c1-17(2,3)21-8-6-13(7-9-21)20-16(22)11-12-4-5-14(18)15(19)10-12/h4-8,10H,9,11H2,1-3H3,(H,20,22). The number of nitrogens with zero attached hydrogens (tertiary/aromatic N) is 1. The van der Waals surface area contributed by atoms with E-state index in [1.54, 1.807) is 0 Å². The Morgan fingerprint density at radius 3 is 2.55 bits per heavy atom. The summed E-state index contributed by atoms with van der Waals surface area (Å²) in [7, 11) is 0. The first-order valence-electron chi connectivity index (χ1n) is 7.14. The molecule has 0 aromatic heterocycles. The molecule has 1 aromatic carbocycles. The second-order valence-electron chi connectivity index (χ2n) is 6.27. The van der Waals surface area contributed by atoms with Crippen LogP contribution in [-0.4, -0.2) is 22.9 Å². The Hall–Kier alpha value is -2.17. The SMILES string of the molecule is CC(C)(C)N1C=CC(NC(=O)Cc2ccc(F)c(F)c2)=CC1. The molecule has 1 N–H and O–H groups in total. The summed E-state index contributed by atoms with van der Waals surface area (Å²) < 4.78 is 26.0. The molecule has 0 fully saturated rings. The van der Waals surface area contributed by atoms with Gasteiger partial charge < -0.3 is 10.2 Å². The van der Waals surface area contributed by atoms with Gasteiger partial charge in [-0.3, -0.25) is 4.79 Å². The summed E-state index contributed by atoms with van der Waals surface area (Å²) in [6.07, 6.45) is 5.70. The van der Waals surface area contributed by atoms with Gasteiger partial charge in [-0.1, -0.05) is 6.07 Å². The van der Waals surface area contributed by atoms with E-state index < -0.39 is 11.6 Å². The van der Waals surface area contributed by atoms with Gasteiger partial charge in [-0.2, -0.15) is 0 Å². The maximum absolute atomic E-state index is 13.1. The fraction of sp³-hybridized carbons (Fsp3) is 0.353. The summed E-state index contributed by atoms with van der Waals surface area (Å²) in [6, 6.07) is 3.48. The summed E-state index contributed by atoms with van der Waals surface area (Å²) >= 11 is 0. The molecule has 3 nitrogen and oxygen atoms in total. The van der Waals surface area contributed by atoms with Crippen molar-refractivity contribution in [2.45, 2.75) is 32.7 Å². The summed E-state index contributed by atoms with van der Waals surface area (Å²) in [5.74, 6) is -2.11. The second kappa shape index (κ2) is 6.30. The molecule has 1 aliphatic rings. The highest BCUT2D eigenvalue weighted by molar-refractivity contribution is 5.80. The van der Waals surface area contributed by atoms with Gasteiger partial charge in [0.25, 0.3) is 0 Å². The van der Waals surface area contributed by atoms with Crippen molar-refractivity contribution in [1.29, 1.82) is 0 Å². The third-order valence-electron chi connectivity index (χ3n) is 3.44. The van der Waals surface area contributed by atoms with E-state index >= 15 is 0 Å². The van der Waals surface area contributed by atoms with Crippen molar-refractivity contribution < 1.29 is 13.6 Å². The predicted molar refractivity (Wildman–Crippen MR) is 81.9 cm³/mol. The molecule has 0 aliphatic carbocycles. The minimum Gasteiger partial charge on any atom is -0.369 e. The minimum atomic E-state index is -0.942. The highest BCUT2D eigenvalue weighted by Gasteiger charge is 2.19. The molecule has 1 aromatic rings. The third-order valence-corrected chi connectivity index (χ3v) is 3.44. The molecule has 0 bridgehead atoms. The van der Waals surface area contributed by atoms with Gasteiger partial charge >= 0.3 is 0 Å². The molecule has 0 unspecified atom stereocenters. The molecule has 0 spiro atoms. The Balaban J connectivity index is 1.92. The molecule has 5 heteroatoms. The number of halogens is 2. The first kappa shape index (κ1) is 16.2. The molecule has 1 aliphatic heterocycles. The largest absolute Gasteiger partial charge is 0.369 e. The number of hydrogen-bond acceptors (Lipinski definition) is 2. The number of carbonyl (C=O) groups is 1. The topological polar surface area (TPSA) is 32.3 Å². The molecule has 118 valence electrons. The Morgan fingerprint density at radius 2 is 2.00 bits per heavy atom. The van der Waals surface area contributed by atoms with Crippen LogP contribution in [0.1, 0.15) is 26.3 Å². The van der Waals surface area contributed by atoms with Crippen LogP contribution in [0.3, 0.4) is 0 Å². The Kier molecular flexibility index (Phi) is 4.64. The summed E-state index contributed by atoms with van der Waals surface area (Å²) in [5, 5.41) is 2.77. The van der Waals surface area contributed by atoms with Crippen molar-refractivity contribution in [2.24, 2.45) is 0 Å². The molecular weight excluding hydrogens is 286 g/mol. The molecule has 2 rings (SSSR count). The maximum Gasteiger partial charge on any atom is 0.228 e. The Morgan fingerprint density at radius 1 is 1.27 bits per heavy atom. The van der Waals surface area contributed by atoms with Crippen LogP contribution in [0.2, 0.25) is 0 Å². The van der Waals surface area contributed by atoms with Gasteiger partial charge in [-0.25, -0.2) is 8.78 Å². The van der Waals surface area contributed by atoms with Crippen LogP contribution in [-0.2, 0) is 11.2 Å². The lowest BCUT2D eigenvalue weighted by Gasteiger charge is -2.35. The van der Waals surface area contributed by atoms with E-state index in [1.165, 1.54) is 6.07 Å². The number of allylic oxidation sites excluding steroid dienone is 1. The number of carbonyl (C=O) groups excluding carboxylic acids is 1. The molecular formula is C17H20F2N2O. The fourth-order valence-corrected chi connectivity index (χ4v) is 2.13. The molecule has 0 saturated carbocycles. The summed E-state index contributed by atoms with van der Waals surface area (Å²) in [6.45, 7) is 7.04. The normalized spacial score (nSPS) is 14.8. The lowest BCUT2D eigenvalue weighted by Crippen LogP contribution is -2.39. The zero-order chi connectivity index (χ0) is 16.3. The van der Waals surface area contributed by atoms with E-state index in [-0.39, 0.29) is 17.9 Å². The van der Waals surface area contributed by atoms with E-state index in [0.29, 0.717) is 17.8 Å². The molecule has 22 heavy (non-hydrogen) atoms. The monoisotopic (exact) mass is 306 g/mol. The van der Waals surface area contributed by atoms with Crippen molar-refractivity contribution >= 4 is 5.91 Å². The predicted octanol–water partition coefficient (Wildman–Crippen LogP) is 3.14. The van der Waals surface area contributed by atoms with Crippen LogP contribution < -0.4 is 5.32 Å². The number of rotatable bonds is 3. The minimum absolute atomic E-state index is 0.00532. The average Bonchev–Trinajstić information content (AvgIpc) is 2.42. The lowest BCUT2D eigenvalue weighted by atomic mass is 10.1. The van der Waals surface area contributed by atoms with Crippen molar-refractivity contribution in [3.63, 3.8) is 0 Å². The van der Waals surface area contributed by atoms with E-state index in [2.05, 4.69) is 31.0 Å². The average molecular weight is 306 g/mol. The number of amides is 1. The third kappa shape index (κ3) is 4.16. The zero-order valence-corrected chi connectivity index (χ0v) is 13.0. The first-order chi connectivity index (χ1) is 10.3. The molecule has 0 saturated heterocycles. The van der Waals surface area contributed by atoms with E-state index in [4.69, 9.17) is 0 Å². The van der Waals surface area contributed by atoms with Gasteiger partial charge in [0.2, 0.25) is 5.91 Å². The van der Waals surface area contributed by atoms with E-state index in [0.717, 1.165) is 12.1 Å². The highest BCUT2D eigenvalue weighted by Crippen LogP contribution is 2.17. The van der Waals surface area contributed by atoms with Crippen LogP contribution >= 0.6 is 0 Å². The van der Waals surface area contributed by atoms with Gasteiger partial charge in [0.05, 0.1) is 6.42 Å². The van der Waals surface area contributed by atoms with Crippen molar-refractivity contribution in [2.75, 3.05) is 6.54 Å². The zero-order valence-electron chi connectivity index (χ0n) is 13.0. The van der Waals surface area contributed by atoms with Crippen molar-refractivity contribution in [3.8, 4) is 0 Å². The number of hydrogen-bond donors (Lipinski definition) is 1. The van der Waals surface area contributed by atoms with Crippen LogP contribution in [0.15, 0.2) is 42.2 Å². The Bertz CT molecular complexity index is 630. The van der Waals surface area contributed by atoms with Crippen LogP contribution in [0.25, 0.3) is 0 Å². The molecule has 0 radical (unpaired) electrons. The van der Waals surface area contributed by atoms with Crippen LogP contribution in [0.4, 0.5) is 8.78 Å². The maximum atomic E-state index is 13.1. The first-order valence-corrected chi connectivity index (χ1v) is 7.14. The molecule has 1 amide bonds. The van der Waals surface area contributed by atoms with Gasteiger partial charge in [0.15, 0.2) is 11.6 Å². The quantitative estimate of drug-likeness (QED) is 0.930. The number of benzene rings is 1. The fourth-order valence-electron chi connectivity index (χ4n) is 2.13. The summed E-state index contributed by atoms with van der Waals surface area (Å²) in [5.41, 5.74) is 1.18. The summed E-state index contributed by atoms with van der Waals surface area (Å²) in [4.78, 5) is 14.1. The molecule has 1 heterocycles. The van der Waals surface area contributed by atoms with Gasteiger partial charge in [-0.15, -0.1) is 0 Å². The number of nitrogens with one attached hydrogen (secondary N) is 1. The van der Waals surface area contributed by atoms with Gasteiger partial charge in [-0.05, 0) is 50.6 Å². The smallest absolute Gasteiger partial charge is 0.228 e. The van der Waals surface area contributed by atoms with E-state index in [1.807, 2.05) is 18.4 Å². The van der Waals surface area contributed by atoms with Crippen LogP contribution in [0.5, 0.6) is 0 Å². The van der Waals surface area contributed by atoms with Crippen molar-refractivity contribution in [3.05, 3.63) is 59.4 Å². The lowest BCUT2D eigenvalue weighted by molar-refractivity contribution is -0.119. The van der Waals surface area contributed by atoms with Crippen LogP contribution in [0, 0.1) is 11.6 Å². The van der Waals surface area contributed by atoms with Crippen molar-refractivity contribution in [1.82, 2.24) is 10.2 Å². The van der Waals surface area contributed by atoms with Gasteiger partial charge in [0.1, 0.15) is 0 Å². The second-order valence-corrected chi connectivity index (χ2v) is 6.27. The van der Waals surface area contributed by atoms with Gasteiger partial charge in [0, 0.05) is 24.0 Å². The molecule has 0 atom stereocenters. The highest BCUT2D eigenvalue weighted by atomic mass is 19.2. The van der Waals surface area contributed by atoms with E-state index in [9.17, 15) is 13.6 Å². The Labute approximate surface area is 129 Å².